The number of hydrogen-bond acceptors (Lipinski definition) is 1. The second kappa shape index (κ2) is 4.37. The number of fused-ring (bicyclic) bond motifs is 1. The van der Waals surface area contributed by atoms with Crippen molar-refractivity contribution in [3.05, 3.63) is 51.7 Å². The van der Waals surface area contributed by atoms with E-state index in [0.717, 1.165) is 11.0 Å². The maximum absolute atomic E-state index is 13.8. The van der Waals surface area contributed by atoms with Crippen LogP contribution in [-0.2, 0) is 0 Å². The van der Waals surface area contributed by atoms with Crippen molar-refractivity contribution in [2.75, 3.05) is 0 Å². The van der Waals surface area contributed by atoms with Gasteiger partial charge in [0.05, 0.1) is 16.6 Å². The number of aromatic nitrogens is 2. The molecule has 0 radical (unpaired) electrons. The second-order valence-electron chi connectivity index (χ2n) is 3.84. The lowest BCUT2D eigenvalue weighted by atomic mass is 10.2. The zero-order valence-corrected chi connectivity index (χ0v) is 11.4. The quantitative estimate of drug-likeness (QED) is 0.685. The molecule has 18 heavy (non-hydrogen) atoms. The molecule has 2 nitrogen and oxygen atoms in total. The van der Waals surface area contributed by atoms with Crippen LogP contribution in [0.3, 0.4) is 0 Å². The van der Waals surface area contributed by atoms with E-state index in [1.165, 1.54) is 6.07 Å². The predicted molar refractivity (Wildman–Crippen MR) is 74.2 cm³/mol. The molecule has 90 valence electrons. The summed E-state index contributed by atoms with van der Waals surface area (Å²) in [6.07, 6.45) is 0. The van der Waals surface area contributed by atoms with Crippen LogP contribution in [0.1, 0.15) is 0 Å². The molecule has 0 bridgehead atoms. The summed E-state index contributed by atoms with van der Waals surface area (Å²) < 4.78 is 14.5. The molecule has 0 aliphatic heterocycles. The van der Waals surface area contributed by atoms with E-state index in [-0.39, 0.29) is 5.82 Å². The number of aromatic amines is 1. The van der Waals surface area contributed by atoms with Gasteiger partial charge < -0.3 is 4.98 Å². The van der Waals surface area contributed by atoms with Gasteiger partial charge in [-0.3, -0.25) is 0 Å². The Hall–Kier alpha value is -1.39. The largest absolute Gasteiger partial charge is 0.338 e. The van der Waals surface area contributed by atoms with E-state index in [2.05, 4.69) is 25.9 Å². The van der Waals surface area contributed by atoms with Gasteiger partial charge in [0.25, 0.3) is 0 Å². The Kier molecular flexibility index (Phi) is 2.84. The van der Waals surface area contributed by atoms with Crippen molar-refractivity contribution in [3.63, 3.8) is 0 Å². The number of nitrogens with zero attached hydrogens (tertiary/aromatic N) is 1. The standard InChI is InChI=1S/C13H7BrClFN2/c14-8-2-1-3-9(16)12(8)13-17-10-5-4-7(15)6-11(10)18-13/h1-6H,(H,17,18). The highest BCUT2D eigenvalue weighted by Gasteiger charge is 2.13. The minimum Gasteiger partial charge on any atom is -0.338 e. The average Bonchev–Trinajstić information content (AvgIpc) is 2.71. The monoisotopic (exact) mass is 324 g/mol. The van der Waals surface area contributed by atoms with Gasteiger partial charge in [-0.2, -0.15) is 0 Å². The fraction of sp³-hybridized carbons (Fsp3) is 0. The first-order valence-corrected chi connectivity index (χ1v) is 6.42. The van der Waals surface area contributed by atoms with Crippen molar-refractivity contribution < 1.29 is 4.39 Å². The van der Waals surface area contributed by atoms with Gasteiger partial charge in [0.15, 0.2) is 0 Å². The lowest BCUT2D eigenvalue weighted by Crippen LogP contribution is -1.87. The fourth-order valence-electron chi connectivity index (χ4n) is 1.82. The van der Waals surface area contributed by atoms with Crippen molar-refractivity contribution >= 4 is 38.6 Å². The van der Waals surface area contributed by atoms with Gasteiger partial charge in [0.1, 0.15) is 11.6 Å². The molecule has 3 rings (SSSR count). The SMILES string of the molecule is Fc1cccc(Br)c1-c1nc2ccc(Cl)cc2[nH]1. The summed E-state index contributed by atoms with van der Waals surface area (Å²) in [5, 5.41) is 0.616. The highest BCUT2D eigenvalue weighted by molar-refractivity contribution is 9.10. The number of nitrogens with one attached hydrogen (secondary N) is 1. The van der Waals surface area contributed by atoms with Crippen molar-refractivity contribution in [1.82, 2.24) is 9.97 Å². The van der Waals surface area contributed by atoms with Crippen LogP contribution in [0.5, 0.6) is 0 Å². The van der Waals surface area contributed by atoms with Crippen LogP contribution in [0.15, 0.2) is 40.9 Å². The lowest BCUT2D eigenvalue weighted by Gasteiger charge is -2.01. The Morgan fingerprint density at radius 2 is 2.06 bits per heavy atom. The maximum atomic E-state index is 13.8. The zero-order chi connectivity index (χ0) is 12.7. The fourth-order valence-corrected chi connectivity index (χ4v) is 2.53. The van der Waals surface area contributed by atoms with Crippen molar-refractivity contribution in [2.45, 2.75) is 0 Å². The first kappa shape index (κ1) is 11.7. The number of H-pyrrole nitrogens is 1. The summed E-state index contributed by atoms with van der Waals surface area (Å²) >= 11 is 9.23. The molecule has 2 aromatic carbocycles. The van der Waals surface area contributed by atoms with E-state index in [0.29, 0.717) is 20.9 Å². The Labute approximate surface area is 116 Å². The molecule has 0 aliphatic carbocycles. The molecule has 5 heteroatoms. The molecule has 0 saturated carbocycles. The highest BCUT2D eigenvalue weighted by atomic mass is 79.9. The molecule has 0 saturated heterocycles. The van der Waals surface area contributed by atoms with Gasteiger partial charge in [-0.25, -0.2) is 9.37 Å². The van der Waals surface area contributed by atoms with E-state index in [1.54, 1.807) is 30.3 Å². The smallest absolute Gasteiger partial charge is 0.142 e. The van der Waals surface area contributed by atoms with E-state index < -0.39 is 0 Å². The van der Waals surface area contributed by atoms with E-state index in [9.17, 15) is 4.39 Å². The molecule has 0 amide bonds. The number of benzene rings is 2. The summed E-state index contributed by atoms with van der Waals surface area (Å²) in [5.74, 6) is 0.159. The average molecular weight is 326 g/mol. The van der Waals surface area contributed by atoms with E-state index in [4.69, 9.17) is 11.6 Å². The number of hydrogen-bond donors (Lipinski definition) is 1. The second-order valence-corrected chi connectivity index (χ2v) is 5.13. The third-order valence-electron chi connectivity index (χ3n) is 2.64. The lowest BCUT2D eigenvalue weighted by molar-refractivity contribution is 0.629. The minimum atomic E-state index is -0.325. The minimum absolute atomic E-state index is 0.325. The molecule has 0 fully saturated rings. The van der Waals surface area contributed by atoms with Crippen LogP contribution in [0.2, 0.25) is 5.02 Å². The Balaban J connectivity index is 2.26. The van der Waals surface area contributed by atoms with Gasteiger partial charge in [0, 0.05) is 9.50 Å². The van der Waals surface area contributed by atoms with Crippen molar-refractivity contribution in [1.29, 1.82) is 0 Å². The van der Waals surface area contributed by atoms with Crippen LogP contribution in [-0.4, -0.2) is 9.97 Å². The molecule has 1 heterocycles. The van der Waals surface area contributed by atoms with Crippen LogP contribution in [0.4, 0.5) is 4.39 Å². The van der Waals surface area contributed by atoms with Crippen LogP contribution >= 0.6 is 27.5 Å². The third-order valence-corrected chi connectivity index (χ3v) is 3.54. The summed E-state index contributed by atoms with van der Waals surface area (Å²) in [5.41, 5.74) is 1.96. The topological polar surface area (TPSA) is 28.7 Å². The molecule has 0 aliphatic rings. The van der Waals surface area contributed by atoms with E-state index >= 15 is 0 Å². The number of rotatable bonds is 1. The number of halogens is 3. The Morgan fingerprint density at radius 1 is 1.22 bits per heavy atom. The molecular formula is C13H7BrClFN2. The molecule has 1 N–H and O–H groups in total. The zero-order valence-electron chi connectivity index (χ0n) is 9.05. The van der Waals surface area contributed by atoms with Gasteiger partial charge in [-0.05, 0) is 46.3 Å². The van der Waals surface area contributed by atoms with Crippen molar-refractivity contribution in [3.8, 4) is 11.4 Å². The Morgan fingerprint density at radius 3 is 2.83 bits per heavy atom. The molecule has 0 atom stereocenters. The molecule has 3 aromatic rings. The first-order valence-electron chi connectivity index (χ1n) is 5.25. The van der Waals surface area contributed by atoms with E-state index in [1.807, 2.05) is 0 Å². The van der Waals surface area contributed by atoms with Gasteiger partial charge in [0.2, 0.25) is 0 Å². The predicted octanol–water partition coefficient (Wildman–Crippen LogP) is 4.78. The van der Waals surface area contributed by atoms with Crippen LogP contribution < -0.4 is 0 Å². The summed E-state index contributed by atoms with van der Waals surface area (Å²) in [7, 11) is 0. The molecule has 0 unspecified atom stereocenters. The van der Waals surface area contributed by atoms with Gasteiger partial charge >= 0.3 is 0 Å². The normalized spacial score (nSPS) is 11.1. The van der Waals surface area contributed by atoms with Crippen LogP contribution in [0.25, 0.3) is 22.4 Å². The molecule has 0 spiro atoms. The van der Waals surface area contributed by atoms with Crippen molar-refractivity contribution in [2.24, 2.45) is 0 Å². The molecular weight excluding hydrogens is 319 g/mol. The third kappa shape index (κ3) is 1.91. The summed E-state index contributed by atoms with van der Waals surface area (Å²) in [6.45, 7) is 0. The first-order chi connectivity index (χ1) is 8.65. The summed E-state index contributed by atoms with van der Waals surface area (Å²) in [6, 6.07) is 10.1. The highest BCUT2D eigenvalue weighted by Crippen LogP contribution is 2.30. The maximum Gasteiger partial charge on any atom is 0.142 e. The summed E-state index contributed by atoms with van der Waals surface area (Å²) in [4.78, 5) is 7.43. The van der Waals surface area contributed by atoms with Gasteiger partial charge in [-0.15, -0.1) is 0 Å². The number of imidazole rings is 1. The Bertz CT molecular complexity index is 719. The van der Waals surface area contributed by atoms with Gasteiger partial charge in [-0.1, -0.05) is 17.7 Å². The van der Waals surface area contributed by atoms with Crippen LogP contribution in [0, 0.1) is 5.82 Å². The molecule has 1 aromatic heterocycles.